The number of carbonyl (C=O) groups excluding carboxylic acids is 2. The summed E-state index contributed by atoms with van der Waals surface area (Å²) in [6, 6.07) is 5.71. The van der Waals surface area contributed by atoms with Crippen LogP contribution in [0.5, 0.6) is 0 Å². The first kappa shape index (κ1) is 11.1. The molecular weight excluding hydrogens is 230 g/mol. The summed E-state index contributed by atoms with van der Waals surface area (Å²) in [7, 11) is 0. The Morgan fingerprint density at radius 2 is 2.28 bits per heavy atom. The zero-order valence-corrected chi connectivity index (χ0v) is 9.98. The molecule has 2 aliphatic heterocycles. The normalized spacial score (nSPS) is 21.9. The molecule has 0 aliphatic carbocycles. The molecule has 0 spiro atoms. The summed E-state index contributed by atoms with van der Waals surface area (Å²) >= 11 is 0. The van der Waals surface area contributed by atoms with Gasteiger partial charge in [-0.25, -0.2) is 0 Å². The van der Waals surface area contributed by atoms with E-state index < -0.39 is 0 Å². The maximum atomic E-state index is 12.4. The second kappa shape index (κ2) is 4.01. The van der Waals surface area contributed by atoms with Crippen LogP contribution in [0.4, 0.5) is 11.4 Å². The number of nitrogens with two attached hydrogens (primary N) is 1. The van der Waals surface area contributed by atoms with Gasteiger partial charge in [-0.2, -0.15) is 0 Å². The number of amides is 2. The molecule has 3 rings (SSSR count). The minimum absolute atomic E-state index is 0.00463. The number of anilines is 2. The quantitative estimate of drug-likeness (QED) is 0.698. The molecule has 5 nitrogen and oxygen atoms in total. The number of fused-ring (bicyclic) bond motifs is 1. The van der Waals surface area contributed by atoms with Crippen LogP contribution in [0, 0.1) is 5.92 Å². The van der Waals surface area contributed by atoms with E-state index in [9.17, 15) is 9.59 Å². The van der Waals surface area contributed by atoms with Crippen LogP contribution in [-0.2, 0) is 16.0 Å². The van der Waals surface area contributed by atoms with Crippen LogP contribution in [-0.4, -0.2) is 24.9 Å². The SMILES string of the molecule is Nc1cccc2c1N(C(=O)C1CNC(=O)C1)CC2. The van der Waals surface area contributed by atoms with Crippen molar-refractivity contribution in [1.29, 1.82) is 0 Å². The first-order valence-corrected chi connectivity index (χ1v) is 6.12. The molecule has 5 heteroatoms. The number of rotatable bonds is 1. The van der Waals surface area contributed by atoms with Gasteiger partial charge >= 0.3 is 0 Å². The van der Waals surface area contributed by atoms with Crippen LogP contribution in [0.15, 0.2) is 18.2 Å². The number of nitrogen functional groups attached to an aromatic ring is 1. The van der Waals surface area contributed by atoms with Gasteiger partial charge in [0.15, 0.2) is 0 Å². The summed E-state index contributed by atoms with van der Waals surface area (Å²) < 4.78 is 0. The third-order valence-electron chi connectivity index (χ3n) is 3.62. The minimum atomic E-state index is -0.247. The van der Waals surface area contributed by atoms with Crippen molar-refractivity contribution < 1.29 is 9.59 Å². The van der Waals surface area contributed by atoms with Gasteiger partial charge in [-0.1, -0.05) is 12.1 Å². The molecule has 0 bridgehead atoms. The van der Waals surface area contributed by atoms with Crippen LogP contribution in [0.1, 0.15) is 12.0 Å². The van der Waals surface area contributed by atoms with E-state index in [2.05, 4.69) is 5.32 Å². The molecule has 94 valence electrons. The Morgan fingerprint density at radius 1 is 1.44 bits per heavy atom. The van der Waals surface area contributed by atoms with Crippen LogP contribution >= 0.6 is 0 Å². The summed E-state index contributed by atoms with van der Waals surface area (Å²) in [5.41, 5.74) is 8.53. The Kier molecular flexibility index (Phi) is 2.47. The lowest BCUT2D eigenvalue weighted by Gasteiger charge is -2.21. The molecule has 1 saturated heterocycles. The van der Waals surface area contributed by atoms with Gasteiger partial charge in [-0.3, -0.25) is 9.59 Å². The number of para-hydroxylation sites is 1. The van der Waals surface area contributed by atoms with E-state index in [0.717, 1.165) is 17.7 Å². The molecule has 0 aromatic heterocycles. The second-order valence-corrected chi connectivity index (χ2v) is 4.80. The molecular formula is C13H15N3O2. The van der Waals surface area contributed by atoms with Crippen LogP contribution in [0.25, 0.3) is 0 Å². The monoisotopic (exact) mass is 245 g/mol. The first-order valence-electron chi connectivity index (χ1n) is 6.12. The predicted octanol–water partition coefficient (Wildman–Crippen LogP) is 0.294. The molecule has 0 saturated carbocycles. The molecule has 18 heavy (non-hydrogen) atoms. The third kappa shape index (κ3) is 1.63. The zero-order valence-electron chi connectivity index (χ0n) is 9.98. The molecule has 0 radical (unpaired) electrons. The summed E-state index contributed by atoms with van der Waals surface area (Å²) in [4.78, 5) is 25.3. The summed E-state index contributed by atoms with van der Waals surface area (Å²) in [6.45, 7) is 1.10. The van der Waals surface area contributed by atoms with Gasteiger partial charge in [0, 0.05) is 19.5 Å². The van der Waals surface area contributed by atoms with Crippen molar-refractivity contribution in [1.82, 2.24) is 5.32 Å². The van der Waals surface area contributed by atoms with Gasteiger partial charge in [-0.15, -0.1) is 0 Å². The van der Waals surface area contributed by atoms with E-state index >= 15 is 0 Å². The fourth-order valence-electron chi connectivity index (χ4n) is 2.71. The first-order chi connectivity index (χ1) is 8.66. The zero-order chi connectivity index (χ0) is 12.7. The highest BCUT2D eigenvalue weighted by Crippen LogP contribution is 2.35. The fourth-order valence-corrected chi connectivity index (χ4v) is 2.71. The number of hydrogen-bond acceptors (Lipinski definition) is 3. The molecule has 2 amide bonds. The maximum absolute atomic E-state index is 12.4. The van der Waals surface area contributed by atoms with Crippen molar-refractivity contribution in [3.63, 3.8) is 0 Å². The van der Waals surface area contributed by atoms with Crippen molar-refractivity contribution in [2.45, 2.75) is 12.8 Å². The molecule has 1 unspecified atom stereocenters. The maximum Gasteiger partial charge on any atom is 0.232 e. The predicted molar refractivity (Wildman–Crippen MR) is 68.0 cm³/mol. The number of carbonyl (C=O) groups is 2. The highest BCUT2D eigenvalue weighted by atomic mass is 16.2. The molecule has 1 atom stereocenters. The number of benzene rings is 1. The molecule has 1 aromatic rings. The fraction of sp³-hybridized carbons (Fsp3) is 0.385. The van der Waals surface area contributed by atoms with Crippen molar-refractivity contribution in [2.75, 3.05) is 23.7 Å². The number of nitrogens with zero attached hydrogens (tertiary/aromatic N) is 1. The Hall–Kier alpha value is -2.04. The molecule has 1 aromatic carbocycles. The molecule has 1 fully saturated rings. The lowest BCUT2D eigenvalue weighted by molar-refractivity contribution is -0.124. The van der Waals surface area contributed by atoms with Crippen molar-refractivity contribution >= 4 is 23.2 Å². The standard InChI is InChI=1S/C13H15N3O2/c14-10-3-1-2-8-4-5-16(12(8)10)13(18)9-6-11(17)15-7-9/h1-3,9H,4-7,14H2,(H,15,17). The van der Waals surface area contributed by atoms with E-state index in [4.69, 9.17) is 5.73 Å². The Balaban J connectivity index is 1.88. The van der Waals surface area contributed by atoms with Gasteiger partial charge in [-0.05, 0) is 18.1 Å². The minimum Gasteiger partial charge on any atom is -0.397 e. The van der Waals surface area contributed by atoms with Gasteiger partial charge in [0.05, 0.1) is 17.3 Å². The Morgan fingerprint density at radius 3 is 3.00 bits per heavy atom. The van der Waals surface area contributed by atoms with E-state index in [1.165, 1.54) is 0 Å². The third-order valence-corrected chi connectivity index (χ3v) is 3.62. The highest BCUT2D eigenvalue weighted by molar-refractivity contribution is 6.02. The average molecular weight is 245 g/mol. The topological polar surface area (TPSA) is 75.4 Å². The van der Waals surface area contributed by atoms with E-state index in [1.807, 2.05) is 18.2 Å². The number of nitrogens with one attached hydrogen (secondary N) is 1. The van der Waals surface area contributed by atoms with Crippen molar-refractivity contribution in [3.8, 4) is 0 Å². The van der Waals surface area contributed by atoms with E-state index in [-0.39, 0.29) is 24.2 Å². The van der Waals surface area contributed by atoms with Crippen molar-refractivity contribution in [3.05, 3.63) is 23.8 Å². The summed E-state index contributed by atoms with van der Waals surface area (Å²) in [5.74, 6) is -0.290. The van der Waals surface area contributed by atoms with E-state index in [0.29, 0.717) is 18.8 Å². The van der Waals surface area contributed by atoms with Crippen LogP contribution in [0.2, 0.25) is 0 Å². The summed E-state index contributed by atoms with van der Waals surface area (Å²) in [5, 5.41) is 2.69. The Labute approximate surface area is 105 Å². The van der Waals surface area contributed by atoms with Crippen molar-refractivity contribution in [2.24, 2.45) is 5.92 Å². The average Bonchev–Trinajstić information content (AvgIpc) is 2.95. The Bertz CT molecular complexity index is 527. The van der Waals surface area contributed by atoms with E-state index in [1.54, 1.807) is 4.90 Å². The molecule has 2 aliphatic rings. The van der Waals surface area contributed by atoms with Gasteiger partial charge < -0.3 is 16.0 Å². The smallest absolute Gasteiger partial charge is 0.232 e. The second-order valence-electron chi connectivity index (χ2n) is 4.80. The van der Waals surface area contributed by atoms with Crippen LogP contribution < -0.4 is 16.0 Å². The number of hydrogen-bond donors (Lipinski definition) is 2. The molecule has 2 heterocycles. The lowest BCUT2D eigenvalue weighted by Crippen LogP contribution is -2.36. The van der Waals surface area contributed by atoms with Gasteiger partial charge in [0.2, 0.25) is 11.8 Å². The highest BCUT2D eigenvalue weighted by Gasteiger charge is 2.35. The van der Waals surface area contributed by atoms with Gasteiger partial charge in [0.25, 0.3) is 0 Å². The molecule has 3 N–H and O–H groups in total. The van der Waals surface area contributed by atoms with Crippen LogP contribution in [0.3, 0.4) is 0 Å². The summed E-state index contributed by atoms with van der Waals surface area (Å²) in [6.07, 6.45) is 1.12. The largest absolute Gasteiger partial charge is 0.397 e. The lowest BCUT2D eigenvalue weighted by atomic mass is 10.1. The van der Waals surface area contributed by atoms with Gasteiger partial charge in [0.1, 0.15) is 0 Å².